The molecule has 5 heteroatoms. The van der Waals surface area contributed by atoms with Crippen LogP contribution >= 0.6 is 0 Å². The number of carbonyl (C=O) groups is 1. The van der Waals surface area contributed by atoms with E-state index in [2.05, 4.69) is 5.16 Å². The number of carbonyl (C=O) groups excluding carboxylic acids is 1. The van der Waals surface area contributed by atoms with Crippen molar-refractivity contribution in [1.29, 1.82) is 0 Å². The Hall–Kier alpha value is -1.36. The highest BCUT2D eigenvalue weighted by molar-refractivity contribution is 5.75. The molecule has 1 rings (SSSR count). The van der Waals surface area contributed by atoms with Gasteiger partial charge in [0.25, 0.3) is 0 Å². The zero-order valence-electron chi connectivity index (χ0n) is 10.1. The molecule has 0 aliphatic heterocycles. The van der Waals surface area contributed by atoms with Crippen LogP contribution in [0.1, 0.15) is 31.2 Å². The Kier molecular flexibility index (Phi) is 4.49. The predicted molar refractivity (Wildman–Crippen MR) is 60.6 cm³/mol. The molecule has 1 aromatic rings. The van der Waals surface area contributed by atoms with Crippen molar-refractivity contribution in [2.75, 3.05) is 7.05 Å². The number of rotatable bonds is 5. The van der Waals surface area contributed by atoms with Gasteiger partial charge in [0, 0.05) is 25.6 Å². The molecule has 1 unspecified atom stereocenters. The normalized spacial score (nSPS) is 12.5. The number of nitrogens with two attached hydrogens (primary N) is 1. The lowest BCUT2D eigenvalue weighted by atomic mass is 10.2. The Morgan fingerprint density at radius 2 is 2.38 bits per heavy atom. The van der Waals surface area contributed by atoms with E-state index in [0.717, 1.165) is 11.5 Å². The molecule has 0 saturated heterocycles. The van der Waals surface area contributed by atoms with E-state index >= 15 is 0 Å². The molecule has 0 fully saturated rings. The van der Waals surface area contributed by atoms with Crippen LogP contribution in [-0.2, 0) is 11.3 Å². The van der Waals surface area contributed by atoms with E-state index in [-0.39, 0.29) is 11.9 Å². The molecule has 2 N–H and O–H groups in total. The predicted octanol–water partition coefficient (Wildman–Crippen LogP) is 1.07. The lowest BCUT2D eigenvalue weighted by Crippen LogP contribution is -2.28. The van der Waals surface area contributed by atoms with E-state index < -0.39 is 0 Å². The van der Waals surface area contributed by atoms with Crippen LogP contribution in [0, 0.1) is 6.92 Å². The fourth-order valence-corrected chi connectivity index (χ4v) is 1.37. The van der Waals surface area contributed by atoms with Gasteiger partial charge in [-0.25, -0.2) is 0 Å². The molecule has 0 aliphatic rings. The van der Waals surface area contributed by atoms with Gasteiger partial charge in [0.2, 0.25) is 5.91 Å². The second-order valence-electron chi connectivity index (χ2n) is 4.19. The van der Waals surface area contributed by atoms with Gasteiger partial charge in [-0.15, -0.1) is 0 Å². The Morgan fingerprint density at radius 1 is 1.69 bits per heavy atom. The SMILES string of the molecule is Cc1cc(CN(C)C(=O)CCC(C)N)no1. The molecule has 0 radical (unpaired) electrons. The third-order valence-electron chi connectivity index (χ3n) is 2.32. The van der Waals surface area contributed by atoms with Gasteiger partial charge in [-0.3, -0.25) is 4.79 Å². The summed E-state index contributed by atoms with van der Waals surface area (Å²) < 4.78 is 4.94. The lowest BCUT2D eigenvalue weighted by Gasteiger charge is -2.16. The largest absolute Gasteiger partial charge is 0.361 e. The molecular formula is C11H19N3O2. The molecule has 1 heterocycles. The molecule has 5 nitrogen and oxygen atoms in total. The van der Waals surface area contributed by atoms with Gasteiger partial charge in [-0.1, -0.05) is 5.16 Å². The Balaban J connectivity index is 2.39. The maximum Gasteiger partial charge on any atom is 0.222 e. The number of amides is 1. The van der Waals surface area contributed by atoms with Crippen molar-refractivity contribution in [3.63, 3.8) is 0 Å². The van der Waals surface area contributed by atoms with Crippen molar-refractivity contribution in [3.8, 4) is 0 Å². The lowest BCUT2D eigenvalue weighted by molar-refractivity contribution is -0.130. The fourth-order valence-electron chi connectivity index (χ4n) is 1.37. The summed E-state index contributed by atoms with van der Waals surface area (Å²) in [5.74, 6) is 0.837. The van der Waals surface area contributed by atoms with Gasteiger partial charge in [-0.05, 0) is 20.3 Å². The number of nitrogens with zero attached hydrogens (tertiary/aromatic N) is 2. The standard InChI is InChI=1S/C11H19N3O2/c1-8(12)4-5-11(15)14(3)7-10-6-9(2)16-13-10/h6,8H,4-5,7,12H2,1-3H3. The molecule has 0 bridgehead atoms. The third kappa shape index (κ3) is 4.02. The van der Waals surface area contributed by atoms with Crippen LogP contribution in [0.2, 0.25) is 0 Å². The molecule has 1 atom stereocenters. The first-order chi connectivity index (χ1) is 7.49. The van der Waals surface area contributed by atoms with E-state index in [1.165, 1.54) is 0 Å². The summed E-state index contributed by atoms with van der Waals surface area (Å²) in [7, 11) is 1.76. The monoisotopic (exact) mass is 225 g/mol. The van der Waals surface area contributed by atoms with Crippen molar-refractivity contribution in [3.05, 3.63) is 17.5 Å². The summed E-state index contributed by atoms with van der Waals surface area (Å²) in [5, 5.41) is 3.84. The van der Waals surface area contributed by atoms with Gasteiger partial charge in [-0.2, -0.15) is 0 Å². The minimum atomic E-state index is 0.0617. The van der Waals surface area contributed by atoms with Crippen LogP contribution in [0.15, 0.2) is 10.6 Å². The van der Waals surface area contributed by atoms with Crippen LogP contribution in [0.25, 0.3) is 0 Å². The van der Waals surface area contributed by atoms with Gasteiger partial charge in [0.15, 0.2) is 0 Å². The molecule has 0 aromatic carbocycles. The fraction of sp³-hybridized carbons (Fsp3) is 0.636. The molecule has 16 heavy (non-hydrogen) atoms. The Bertz CT molecular complexity index is 347. The van der Waals surface area contributed by atoms with Gasteiger partial charge in [0.1, 0.15) is 11.5 Å². The Morgan fingerprint density at radius 3 is 2.88 bits per heavy atom. The van der Waals surface area contributed by atoms with Crippen LogP contribution < -0.4 is 5.73 Å². The number of hydrogen-bond acceptors (Lipinski definition) is 4. The van der Waals surface area contributed by atoms with E-state index in [4.69, 9.17) is 10.3 Å². The molecule has 0 aliphatic carbocycles. The third-order valence-corrected chi connectivity index (χ3v) is 2.32. The minimum Gasteiger partial charge on any atom is -0.361 e. The smallest absolute Gasteiger partial charge is 0.222 e. The average Bonchev–Trinajstić information content (AvgIpc) is 2.60. The number of aryl methyl sites for hydroxylation is 1. The summed E-state index contributed by atoms with van der Waals surface area (Å²) in [6.45, 7) is 4.21. The number of hydrogen-bond donors (Lipinski definition) is 1. The van der Waals surface area contributed by atoms with Gasteiger partial charge in [0.05, 0.1) is 6.54 Å². The second kappa shape index (κ2) is 5.65. The molecule has 0 spiro atoms. The summed E-state index contributed by atoms with van der Waals surface area (Å²) in [5.41, 5.74) is 6.37. The molecule has 0 saturated carbocycles. The maximum absolute atomic E-state index is 11.7. The zero-order chi connectivity index (χ0) is 12.1. The Labute approximate surface area is 95.6 Å². The summed E-state index contributed by atoms with van der Waals surface area (Å²) in [6.07, 6.45) is 1.19. The van der Waals surface area contributed by atoms with E-state index in [1.54, 1.807) is 11.9 Å². The minimum absolute atomic E-state index is 0.0617. The molecule has 1 aromatic heterocycles. The zero-order valence-corrected chi connectivity index (χ0v) is 10.1. The second-order valence-corrected chi connectivity index (χ2v) is 4.19. The molecular weight excluding hydrogens is 206 g/mol. The highest BCUT2D eigenvalue weighted by Crippen LogP contribution is 2.06. The van der Waals surface area contributed by atoms with Gasteiger partial charge < -0.3 is 15.2 Å². The first kappa shape index (κ1) is 12.7. The van der Waals surface area contributed by atoms with Crippen LogP contribution in [-0.4, -0.2) is 29.1 Å². The van der Waals surface area contributed by atoms with Crippen molar-refractivity contribution >= 4 is 5.91 Å². The van der Waals surface area contributed by atoms with Crippen molar-refractivity contribution in [1.82, 2.24) is 10.1 Å². The molecule has 1 amide bonds. The quantitative estimate of drug-likeness (QED) is 0.813. The highest BCUT2D eigenvalue weighted by atomic mass is 16.5. The first-order valence-electron chi connectivity index (χ1n) is 5.40. The summed E-state index contributed by atoms with van der Waals surface area (Å²) in [6, 6.07) is 1.89. The van der Waals surface area contributed by atoms with Crippen molar-refractivity contribution in [2.45, 2.75) is 39.3 Å². The number of aromatic nitrogens is 1. The van der Waals surface area contributed by atoms with E-state index in [9.17, 15) is 4.79 Å². The average molecular weight is 225 g/mol. The van der Waals surface area contributed by atoms with E-state index in [0.29, 0.717) is 19.4 Å². The van der Waals surface area contributed by atoms with Crippen LogP contribution in [0.5, 0.6) is 0 Å². The molecule has 90 valence electrons. The van der Waals surface area contributed by atoms with Crippen molar-refractivity contribution in [2.24, 2.45) is 5.73 Å². The summed E-state index contributed by atoms with van der Waals surface area (Å²) in [4.78, 5) is 13.3. The topological polar surface area (TPSA) is 72.4 Å². The van der Waals surface area contributed by atoms with Crippen molar-refractivity contribution < 1.29 is 9.32 Å². The first-order valence-corrected chi connectivity index (χ1v) is 5.40. The summed E-state index contributed by atoms with van der Waals surface area (Å²) >= 11 is 0. The van der Waals surface area contributed by atoms with Crippen LogP contribution in [0.3, 0.4) is 0 Å². The van der Waals surface area contributed by atoms with E-state index in [1.807, 2.05) is 19.9 Å². The highest BCUT2D eigenvalue weighted by Gasteiger charge is 2.11. The van der Waals surface area contributed by atoms with Gasteiger partial charge >= 0.3 is 0 Å². The van der Waals surface area contributed by atoms with Crippen LogP contribution in [0.4, 0.5) is 0 Å². The maximum atomic E-state index is 11.7.